The smallest absolute Gasteiger partial charge is 0.341 e. The molecule has 0 radical (unpaired) electrons. The molecule has 14 nitrogen and oxygen atoms in total. The molecule has 45 heavy (non-hydrogen) atoms. The summed E-state index contributed by atoms with van der Waals surface area (Å²) in [6.45, 7) is 0. The van der Waals surface area contributed by atoms with E-state index in [1.165, 1.54) is 39.8 Å². The lowest BCUT2D eigenvalue weighted by Crippen LogP contribution is -2.05. The van der Waals surface area contributed by atoms with E-state index < -0.39 is 15.8 Å². The van der Waals surface area contributed by atoms with Crippen LogP contribution < -0.4 is 18.9 Å². The quantitative estimate of drug-likeness (QED) is 0.0682. The second-order valence-electron chi connectivity index (χ2n) is 8.07. The number of non-ortho nitro benzene ring substituents is 2. The molecule has 0 atom stereocenters. The first kappa shape index (κ1) is 35.6. The van der Waals surface area contributed by atoms with Gasteiger partial charge in [0.25, 0.3) is 11.4 Å². The van der Waals surface area contributed by atoms with Gasteiger partial charge in [-0.05, 0) is 22.6 Å². The highest BCUT2D eigenvalue weighted by atomic mass is 127. The van der Waals surface area contributed by atoms with Gasteiger partial charge >= 0.3 is 5.97 Å². The topological polar surface area (TPSA) is 175 Å². The molecule has 0 aliphatic rings. The lowest BCUT2D eigenvalue weighted by atomic mass is 10.2. The van der Waals surface area contributed by atoms with Crippen LogP contribution in [-0.2, 0) is 4.74 Å². The van der Waals surface area contributed by atoms with Crippen molar-refractivity contribution in [1.29, 1.82) is 0 Å². The van der Waals surface area contributed by atoms with Crippen LogP contribution in [0, 0.1) is 23.8 Å². The van der Waals surface area contributed by atoms with Crippen LogP contribution in [0.5, 0.6) is 34.8 Å². The van der Waals surface area contributed by atoms with E-state index in [4.69, 9.17) is 65.4 Å². The lowest BCUT2D eigenvalue weighted by Gasteiger charge is -2.11. The van der Waals surface area contributed by atoms with E-state index in [1.54, 1.807) is 6.07 Å². The van der Waals surface area contributed by atoms with Gasteiger partial charge in [-0.15, -0.1) is 0 Å². The Morgan fingerprint density at radius 1 is 0.711 bits per heavy atom. The fraction of sp³-hybridized carbons (Fsp3) is 0.115. The fourth-order valence-corrected chi connectivity index (χ4v) is 4.96. The molecule has 236 valence electrons. The van der Waals surface area contributed by atoms with Crippen molar-refractivity contribution in [1.82, 2.24) is 9.97 Å². The minimum Gasteiger partial charge on any atom is -0.494 e. The molecule has 2 aromatic carbocycles. The highest BCUT2D eigenvalue weighted by Crippen LogP contribution is 2.41. The van der Waals surface area contributed by atoms with Crippen LogP contribution in [0.1, 0.15) is 10.4 Å². The Bertz CT molecular complexity index is 1730. The molecular weight excluding hydrogens is 797 g/mol. The molecule has 19 heteroatoms. The van der Waals surface area contributed by atoms with Crippen LogP contribution in [0.25, 0.3) is 0 Å². The van der Waals surface area contributed by atoms with Crippen LogP contribution in [0.4, 0.5) is 11.4 Å². The zero-order valence-corrected chi connectivity index (χ0v) is 28.1. The second kappa shape index (κ2) is 15.9. The summed E-state index contributed by atoms with van der Waals surface area (Å²) in [4.78, 5) is 40.0. The number of ether oxygens (including phenoxy) is 5. The molecule has 0 aliphatic carbocycles. The largest absolute Gasteiger partial charge is 0.494 e. The number of carbonyl (C=O) groups excluding carboxylic acids is 1. The minimum absolute atomic E-state index is 0.0196. The fourth-order valence-electron chi connectivity index (χ4n) is 3.23. The summed E-state index contributed by atoms with van der Waals surface area (Å²) in [6, 6.07) is 7.42. The maximum absolute atomic E-state index is 11.7. The number of nitrogens with zero attached hydrogens (tertiary/aromatic N) is 4. The first-order valence-corrected chi connectivity index (χ1v) is 14.3. The second-order valence-corrected chi connectivity index (χ2v) is 10.9. The number of pyridine rings is 2. The Morgan fingerprint density at radius 3 is 1.47 bits per heavy atom. The third-order valence-electron chi connectivity index (χ3n) is 5.28. The summed E-state index contributed by atoms with van der Waals surface area (Å²) in [5, 5.41) is 21.4. The number of hydrogen-bond acceptors (Lipinski definition) is 12. The number of benzene rings is 2. The lowest BCUT2D eigenvalue weighted by molar-refractivity contribution is -0.385. The van der Waals surface area contributed by atoms with Crippen LogP contribution in [0.15, 0.2) is 48.8 Å². The molecule has 0 bridgehead atoms. The average Bonchev–Trinajstić information content (AvgIpc) is 3.00. The van der Waals surface area contributed by atoms with Crippen molar-refractivity contribution in [2.45, 2.75) is 0 Å². The standard InChI is InChI=1S/C14H10Cl2N2O6.C12H7Cl2IN2O4/c1-22-11-6-17-12(5-8(11)14(19)23-2)24-13-9(15)3-7(18(20)21)4-10(13)16;1-20-10-5-16-11(4-9(10)15)21-12-7(13)2-6(17(18)19)3-8(12)14/h3-6H,1-2H3;2-5H,1H3. The van der Waals surface area contributed by atoms with Crippen molar-refractivity contribution in [3.05, 3.63) is 98.2 Å². The number of carbonyl (C=O) groups is 1. The van der Waals surface area contributed by atoms with E-state index in [2.05, 4.69) is 37.3 Å². The van der Waals surface area contributed by atoms with Crippen molar-refractivity contribution in [3.8, 4) is 34.8 Å². The molecule has 4 rings (SSSR count). The summed E-state index contributed by atoms with van der Waals surface area (Å²) in [5.41, 5.74) is -0.413. The van der Waals surface area contributed by atoms with Crippen molar-refractivity contribution < 1.29 is 38.3 Å². The van der Waals surface area contributed by atoms with E-state index in [9.17, 15) is 25.0 Å². The molecule has 0 fully saturated rings. The summed E-state index contributed by atoms with van der Waals surface area (Å²) in [6.07, 6.45) is 2.75. The van der Waals surface area contributed by atoms with Crippen molar-refractivity contribution in [2.24, 2.45) is 0 Å². The third kappa shape index (κ3) is 9.07. The molecule has 0 aliphatic heterocycles. The zero-order chi connectivity index (χ0) is 33.4. The van der Waals surface area contributed by atoms with Gasteiger partial charge in [-0.25, -0.2) is 14.8 Å². The molecule has 2 aromatic heterocycles. The van der Waals surface area contributed by atoms with E-state index in [0.29, 0.717) is 5.75 Å². The molecule has 2 heterocycles. The highest BCUT2D eigenvalue weighted by Gasteiger charge is 2.20. The Morgan fingerprint density at radius 2 is 1.11 bits per heavy atom. The first-order valence-electron chi connectivity index (χ1n) is 11.7. The Kier molecular flexibility index (Phi) is 12.6. The minimum atomic E-state index is -0.653. The van der Waals surface area contributed by atoms with Crippen molar-refractivity contribution in [2.75, 3.05) is 21.3 Å². The number of methoxy groups -OCH3 is 3. The number of esters is 1. The Hall–Kier alpha value is -3.90. The summed E-state index contributed by atoms with van der Waals surface area (Å²) in [5.74, 6) is 0.445. The molecule has 0 saturated carbocycles. The van der Waals surface area contributed by atoms with Gasteiger partial charge in [-0.3, -0.25) is 20.2 Å². The molecule has 0 amide bonds. The van der Waals surface area contributed by atoms with Gasteiger partial charge in [-0.2, -0.15) is 0 Å². The highest BCUT2D eigenvalue weighted by molar-refractivity contribution is 14.1. The third-order valence-corrected chi connectivity index (χ3v) is 7.25. The van der Waals surface area contributed by atoms with Gasteiger partial charge in [0.2, 0.25) is 11.8 Å². The molecule has 0 N–H and O–H groups in total. The van der Waals surface area contributed by atoms with Crippen LogP contribution in [-0.4, -0.2) is 47.1 Å². The van der Waals surface area contributed by atoms with Crippen LogP contribution >= 0.6 is 69.0 Å². The number of halogens is 5. The van der Waals surface area contributed by atoms with Gasteiger partial charge in [-0.1, -0.05) is 46.4 Å². The first-order chi connectivity index (χ1) is 21.3. The number of nitro groups is 2. The SMILES string of the molecule is COC(=O)c1cc(Oc2c(Cl)cc([N+](=O)[O-])cc2Cl)ncc1OC.COc1cnc(Oc2c(Cl)cc([N+](=O)[O-])cc2Cl)cc1I. The van der Waals surface area contributed by atoms with Gasteiger partial charge in [0.05, 0.1) is 67.2 Å². The molecule has 4 aromatic rings. The van der Waals surface area contributed by atoms with Crippen molar-refractivity contribution in [3.63, 3.8) is 0 Å². The van der Waals surface area contributed by atoms with Crippen LogP contribution in [0.2, 0.25) is 20.1 Å². The maximum atomic E-state index is 11.7. The van der Waals surface area contributed by atoms with Gasteiger partial charge in [0, 0.05) is 36.4 Å². The van der Waals surface area contributed by atoms with E-state index in [0.717, 1.165) is 27.8 Å². The van der Waals surface area contributed by atoms with Gasteiger partial charge in [0.15, 0.2) is 23.0 Å². The number of aromatic nitrogens is 2. The summed E-state index contributed by atoms with van der Waals surface area (Å²) < 4.78 is 26.5. The number of hydrogen-bond donors (Lipinski definition) is 0. The molecule has 0 saturated heterocycles. The Balaban J connectivity index is 0.000000248. The Labute approximate surface area is 287 Å². The van der Waals surface area contributed by atoms with Crippen molar-refractivity contribution >= 4 is 86.3 Å². The average molecular weight is 814 g/mol. The van der Waals surface area contributed by atoms with E-state index >= 15 is 0 Å². The molecule has 0 unspecified atom stereocenters. The maximum Gasteiger partial charge on any atom is 0.341 e. The number of rotatable bonds is 9. The monoisotopic (exact) mass is 812 g/mol. The predicted molar refractivity (Wildman–Crippen MR) is 172 cm³/mol. The van der Waals surface area contributed by atoms with Gasteiger partial charge < -0.3 is 23.7 Å². The van der Waals surface area contributed by atoms with E-state index in [-0.39, 0.29) is 66.0 Å². The van der Waals surface area contributed by atoms with E-state index in [1.807, 2.05) is 0 Å². The van der Waals surface area contributed by atoms with Gasteiger partial charge in [0.1, 0.15) is 5.56 Å². The summed E-state index contributed by atoms with van der Waals surface area (Å²) >= 11 is 25.9. The predicted octanol–water partition coefficient (Wildman–Crippen LogP) is 8.59. The van der Waals surface area contributed by atoms with Crippen LogP contribution in [0.3, 0.4) is 0 Å². The normalized spacial score (nSPS) is 10.2. The summed E-state index contributed by atoms with van der Waals surface area (Å²) in [7, 11) is 4.12. The number of nitro benzene ring substituents is 2. The molecule has 0 spiro atoms. The zero-order valence-electron chi connectivity index (χ0n) is 22.9. The molecular formula is C26H17Cl4IN4O10.